The van der Waals surface area contributed by atoms with E-state index >= 15 is 0 Å². The predicted molar refractivity (Wildman–Crippen MR) is 98.5 cm³/mol. The molecule has 0 radical (unpaired) electrons. The number of carbonyl (C=O) groups excluding carboxylic acids is 1. The van der Waals surface area contributed by atoms with Gasteiger partial charge in [-0.15, -0.1) is 0 Å². The molecule has 2 aromatic rings. The Morgan fingerprint density at radius 2 is 1.32 bits per heavy atom. The van der Waals surface area contributed by atoms with Crippen LogP contribution in [0.4, 0.5) is 5.69 Å². The van der Waals surface area contributed by atoms with Gasteiger partial charge < -0.3 is 9.80 Å². The third kappa shape index (κ3) is 6.56. The summed E-state index contributed by atoms with van der Waals surface area (Å²) in [6.07, 6.45) is 0.715. The number of nitrogens with zero attached hydrogens (tertiary/aromatic N) is 2. The molecule has 1 amide bonds. The van der Waals surface area contributed by atoms with Crippen LogP contribution in [0, 0.1) is 0 Å². The summed E-state index contributed by atoms with van der Waals surface area (Å²) >= 11 is 0. The van der Waals surface area contributed by atoms with Gasteiger partial charge in [-0.1, -0.05) is 36.4 Å². The maximum Gasteiger partial charge on any atom is 0.261 e. The summed E-state index contributed by atoms with van der Waals surface area (Å²) in [5.74, 6) is 0.137. The predicted octanol–water partition coefficient (Wildman–Crippen LogP) is 2.15. The van der Waals surface area contributed by atoms with E-state index in [1.54, 1.807) is 0 Å². The molecule has 6 nitrogen and oxygen atoms in total. The van der Waals surface area contributed by atoms with Crippen LogP contribution in [0.25, 0.3) is 0 Å². The largest absolute Gasteiger partial charge is 0.368 e. The zero-order chi connectivity index (χ0) is 18.3. The third-order valence-electron chi connectivity index (χ3n) is 3.71. The molecule has 1 aliphatic rings. The van der Waals surface area contributed by atoms with E-state index in [2.05, 4.69) is 29.2 Å². The van der Waals surface area contributed by atoms with Crippen molar-refractivity contribution in [1.82, 2.24) is 4.90 Å². The van der Waals surface area contributed by atoms with Crippen LogP contribution in [0.15, 0.2) is 60.7 Å². The summed E-state index contributed by atoms with van der Waals surface area (Å²) in [4.78, 5) is 16.6. The number of piperazine rings is 1. The molecular weight excluding hydrogens is 340 g/mol. The Morgan fingerprint density at radius 3 is 1.80 bits per heavy atom. The van der Waals surface area contributed by atoms with Crippen LogP contribution < -0.4 is 4.90 Å². The van der Waals surface area contributed by atoms with E-state index in [0.29, 0.717) is 6.26 Å². The molecule has 134 valence electrons. The van der Waals surface area contributed by atoms with Gasteiger partial charge in [0.2, 0.25) is 0 Å². The van der Waals surface area contributed by atoms with Crippen LogP contribution in [-0.2, 0) is 10.1 Å². The zero-order valence-corrected chi connectivity index (χ0v) is 14.9. The SMILES string of the molecule is CS(=O)(=O)O.O=C(c1ccccc1)N1CCN(c2ccccc2)CC1. The van der Waals surface area contributed by atoms with Crippen LogP contribution in [-0.4, -0.2) is 56.2 Å². The second-order valence-corrected chi connectivity index (χ2v) is 7.18. The van der Waals surface area contributed by atoms with Crippen LogP contribution in [0.3, 0.4) is 0 Å². The van der Waals surface area contributed by atoms with Crippen LogP contribution >= 0.6 is 0 Å². The lowest BCUT2D eigenvalue weighted by atomic mass is 10.1. The van der Waals surface area contributed by atoms with Crippen molar-refractivity contribution in [2.75, 3.05) is 37.3 Å². The molecule has 1 fully saturated rings. The fourth-order valence-corrected chi connectivity index (χ4v) is 2.57. The van der Waals surface area contributed by atoms with Crippen molar-refractivity contribution in [3.63, 3.8) is 0 Å². The van der Waals surface area contributed by atoms with E-state index in [1.807, 2.05) is 41.3 Å². The van der Waals surface area contributed by atoms with Crippen LogP contribution in [0.5, 0.6) is 0 Å². The third-order valence-corrected chi connectivity index (χ3v) is 3.71. The molecule has 2 aromatic carbocycles. The van der Waals surface area contributed by atoms with Crippen molar-refractivity contribution >= 4 is 21.7 Å². The Morgan fingerprint density at radius 1 is 0.880 bits per heavy atom. The Labute approximate surface area is 148 Å². The molecule has 7 heteroatoms. The Hall–Kier alpha value is -2.38. The minimum absolute atomic E-state index is 0.137. The molecule has 0 bridgehead atoms. The van der Waals surface area contributed by atoms with Crippen molar-refractivity contribution in [1.29, 1.82) is 0 Å². The van der Waals surface area contributed by atoms with E-state index in [0.717, 1.165) is 31.7 Å². The van der Waals surface area contributed by atoms with E-state index in [-0.39, 0.29) is 5.91 Å². The minimum Gasteiger partial charge on any atom is -0.368 e. The van der Waals surface area contributed by atoms with Gasteiger partial charge in [0.15, 0.2) is 0 Å². The highest BCUT2D eigenvalue weighted by Crippen LogP contribution is 2.16. The first-order chi connectivity index (χ1) is 11.8. The summed E-state index contributed by atoms with van der Waals surface area (Å²) in [6, 6.07) is 19.9. The second-order valence-electron chi connectivity index (χ2n) is 5.71. The van der Waals surface area contributed by atoms with Crippen molar-refractivity contribution in [2.24, 2.45) is 0 Å². The van der Waals surface area contributed by atoms with Gasteiger partial charge in [-0.2, -0.15) is 8.42 Å². The molecule has 0 saturated carbocycles. The van der Waals surface area contributed by atoms with Crippen molar-refractivity contribution in [3.8, 4) is 0 Å². The second kappa shape index (κ2) is 8.64. The number of benzene rings is 2. The zero-order valence-electron chi connectivity index (χ0n) is 14.1. The molecule has 25 heavy (non-hydrogen) atoms. The lowest BCUT2D eigenvalue weighted by molar-refractivity contribution is 0.0747. The smallest absolute Gasteiger partial charge is 0.261 e. The normalized spacial score (nSPS) is 14.5. The highest BCUT2D eigenvalue weighted by atomic mass is 32.2. The number of carbonyl (C=O) groups is 1. The topological polar surface area (TPSA) is 77.9 Å². The number of hydrogen-bond acceptors (Lipinski definition) is 4. The van der Waals surface area contributed by atoms with Gasteiger partial charge in [-0.3, -0.25) is 9.35 Å². The first-order valence-electron chi connectivity index (χ1n) is 7.91. The molecule has 0 spiro atoms. The molecule has 1 aliphatic heterocycles. The minimum atomic E-state index is -3.67. The van der Waals surface area contributed by atoms with Gasteiger partial charge >= 0.3 is 0 Å². The Balaban J connectivity index is 0.000000399. The monoisotopic (exact) mass is 362 g/mol. The van der Waals surface area contributed by atoms with E-state index in [4.69, 9.17) is 4.55 Å². The van der Waals surface area contributed by atoms with Gasteiger partial charge in [0.25, 0.3) is 16.0 Å². The first kappa shape index (κ1) is 19.0. The highest BCUT2D eigenvalue weighted by molar-refractivity contribution is 7.85. The average Bonchev–Trinajstić information content (AvgIpc) is 2.61. The molecule has 1 saturated heterocycles. The maximum absolute atomic E-state index is 12.4. The van der Waals surface area contributed by atoms with Gasteiger partial charge in [-0.05, 0) is 24.3 Å². The van der Waals surface area contributed by atoms with Crippen molar-refractivity contribution < 1.29 is 17.8 Å². The average molecular weight is 362 g/mol. The number of amides is 1. The quantitative estimate of drug-likeness (QED) is 0.829. The summed E-state index contributed by atoms with van der Waals surface area (Å²) in [6.45, 7) is 3.34. The van der Waals surface area contributed by atoms with Gasteiger partial charge in [0.05, 0.1) is 6.26 Å². The molecular formula is C18H22N2O4S. The van der Waals surface area contributed by atoms with Gasteiger partial charge in [-0.25, -0.2) is 0 Å². The van der Waals surface area contributed by atoms with Crippen LogP contribution in [0.2, 0.25) is 0 Å². The standard InChI is InChI=1S/C17H18N2O.CH4O3S/c20-17(15-7-3-1-4-8-15)19-13-11-18(12-14-19)16-9-5-2-6-10-16;1-5(2,3)4/h1-10H,11-14H2;1H3,(H,2,3,4). The fraction of sp³-hybridized carbons (Fsp3) is 0.278. The van der Waals surface area contributed by atoms with E-state index in [1.165, 1.54) is 5.69 Å². The van der Waals surface area contributed by atoms with Crippen LogP contribution in [0.1, 0.15) is 10.4 Å². The molecule has 0 atom stereocenters. The molecule has 0 aromatic heterocycles. The summed E-state index contributed by atoms with van der Waals surface area (Å²) in [5.41, 5.74) is 2.01. The summed E-state index contributed by atoms with van der Waals surface area (Å²) < 4.78 is 25.9. The van der Waals surface area contributed by atoms with E-state index < -0.39 is 10.1 Å². The molecule has 0 aliphatic carbocycles. The molecule has 1 heterocycles. The van der Waals surface area contributed by atoms with Gasteiger partial charge in [0.1, 0.15) is 0 Å². The van der Waals surface area contributed by atoms with Crippen molar-refractivity contribution in [3.05, 3.63) is 66.2 Å². The van der Waals surface area contributed by atoms with Gasteiger partial charge in [0, 0.05) is 37.4 Å². The number of hydrogen-bond donors (Lipinski definition) is 1. The lowest BCUT2D eigenvalue weighted by Gasteiger charge is -2.36. The Bertz CT molecular complexity index is 763. The summed E-state index contributed by atoms with van der Waals surface area (Å²) in [5, 5.41) is 0. The maximum atomic E-state index is 12.4. The fourth-order valence-electron chi connectivity index (χ4n) is 2.57. The van der Waals surface area contributed by atoms with Crippen molar-refractivity contribution in [2.45, 2.75) is 0 Å². The molecule has 3 rings (SSSR count). The van der Waals surface area contributed by atoms with E-state index in [9.17, 15) is 13.2 Å². The number of anilines is 1. The molecule has 0 unspecified atom stereocenters. The first-order valence-corrected chi connectivity index (χ1v) is 9.76. The lowest BCUT2D eigenvalue weighted by Crippen LogP contribution is -2.48. The molecule has 1 N–H and O–H groups in total. The number of rotatable bonds is 2. The number of para-hydroxylation sites is 1. The summed E-state index contributed by atoms with van der Waals surface area (Å²) in [7, 11) is -3.67. The highest BCUT2D eigenvalue weighted by Gasteiger charge is 2.21. The Kier molecular flexibility index (Phi) is 6.55.